The van der Waals surface area contributed by atoms with Crippen LogP contribution in [0.4, 0.5) is 4.79 Å². The van der Waals surface area contributed by atoms with E-state index >= 15 is 0 Å². The van der Waals surface area contributed by atoms with Gasteiger partial charge < -0.3 is 30.7 Å². The number of ether oxygens (including phenoxy) is 1. The summed E-state index contributed by atoms with van der Waals surface area (Å²) in [6.45, 7) is 12.1. The molecule has 3 aromatic carbocycles. The lowest BCUT2D eigenvalue weighted by molar-refractivity contribution is -0.127. The number of fused-ring (bicyclic) bond motifs is 1. The average Bonchev–Trinajstić information content (AvgIpc) is 2.99. The van der Waals surface area contributed by atoms with Crippen molar-refractivity contribution in [3.63, 3.8) is 0 Å². The number of rotatable bonds is 15. The Hall–Kier alpha value is -4.11. The standard InChI is InChI=1S/C36H50N4O5/c1-25(2)18-19-40(35(44)39-36(4,5)6)23-32(41)31(20-27-12-8-7-9-13-27)38-34(43)26(3)22-37-33(42)24-45-30-17-16-28-14-10-11-15-29(28)21-30/h7-17,21,25-26,31-32,41H,18-20,22-24H2,1-6H3,(H,37,42)(H,38,43)(H,39,44)/t26?,31-,32?/m0/s1. The van der Waals surface area contributed by atoms with Gasteiger partial charge >= 0.3 is 6.03 Å². The molecule has 3 atom stereocenters. The van der Waals surface area contributed by atoms with Gasteiger partial charge in [-0.2, -0.15) is 0 Å². The number of aliphatic hydroxyl groups is 1. The van der Waals surface area contributed by atoms with Gasteiger partial charge in [-0.05, 0) is 68.0 Å². The van der Waals surface area contributed by atoms with Crippen LogP contribution in [0.3, 0.4) is 0 Å². The summed E-state index contributed by atoms with van der Waals surface area (Å²) in [5.41, 5.74) is 0.511. The van der Waals surface area contributed by atoms with Crippen molar-refractivity contribution >= 4 is 28.6 Å². The summed E-state index contributed by atoms with van der Waals surface area (Å²) < 4.78 is 5.67. The highest BCUT2D eigenvalue weighted by Crippen LogP contribution is 2.20. The van der Waals surface area contributed by atoms with Gasteiger partial charge in [-0.25, -0.2) is 4.79 Å². The summed E-state index contributed by atoms with van der Waals surface area (Å²) in [6.07, 6.45) is 0.135. The van der Waals surface area contributed by atoms with Crippen molar-refractivity contribution in [3.8, 4) is 5.75 Å². The summed E-state index contributed by atoms with van der Waals surface area (Å²) in [6, 6.07) is 22.2. The highest BCUT2D eigenvalue weighted by Gasteiger charge is 2.29. The predicted molar refractivity (Wildman–Crippen MR) is 179 cm³/mol. The molecule has 0 aliphatic carbocycles. The first-order valence-corrected chi connectivity index (χ1v) is 15.8. The zero-order valence-corrected chi connectivity index (χ0v) is 27.5. The fraction of sp³-hybridized carbons (Fsp3) is 0.472. The minimum Gasteiger partial charge on any atom is -0.484 e. The summed E-state index contributed by atoms with van der Waals surface area (Å²) in [7, 11) is 0. The lowest BCUT2D eigenvalue weighted by Gasteiger charge is -2.33. The van der Waals surface area contributed by atoms with E-state index in [0.717, 1.165) is 22.8 Å². The van der Waals surface area contributed by atoms with E-state index in [-0.39, 0.29) is 37.5 Å². The number of hydrogen-bond acceptors (Lipinski definition) is 5. The van der Waals surface area contributed by atoms with Gasteiger partial charge in [0.15, 0.2) is 6.61 Å². The van der Waals surface area contributed by atoms with E-state index in [2.05, 4.69) is 29.8 Å². The van der Waals surface area contributed by atoms with Crippen molar-refractivity contribution in [2.24, 2.45) is 11.8 Å². The van der Waals surface area contributed by atoms with Gasteiger partial charge in [0.05, 0.1) is 24.6 Å². The highest BCUT2D eigenvalue weighted by atomic mass is 16.5. The molecule has 3 rings (SSSR count). The third-order valence-electron chi connectivity index (χ3n) is 7.39. The summed E-state index contributed by atoms with van der Waals surface area (Å²) >= 11 is 0. The van der Waals surface area contributed by atoms with Gasteiger partial charge in [-0.1, -0.05) is 81.4 Å². The smallest absolute Gasteiger partial charge is 0.317 e. The van der Waals surface area contributed by atoms with Crippen LogP contribution in [0.5, 0.6) is 5.75 Å². The molecule has 0 aliphatic heterocycles. The van der Waals surface area contributed by atoms with Crippen molar-refractivity contribution in [2.75, 3.05) is 26.2 Å². The fourth-order valence-corrected chi connectivity index (χ4v) is 4.74. The Morgan fingerprint density at radius 1 is 0.911 bits per heavy atom. The van der Waals surface area contributed by atoms with E-state index in [1.807, 2.05) is 93.6 Å². The van der Waals surface area contributed by atoms with Crippen LogP contribution >= 0.6 is 0 Å². The Kier molecular flexibility index (Phi) is 13.2. The first kappa shape index (κ1) is 35.4. The van der Waals surface area contributed by atoms with E-state index in [1.54, 1.807) is 11.8 Å². The van der Waals surface area contributed by atoms with Crippen LogP contribution < -0.4 is 20.7 Å². The molecular formula is C36H50N4O5. The molecule has 0 spiro atoms. The Morgan fingerprint density at radius 2 is 1.58 bits per heavy atom. The van der Waals surface area contributed by atoms with Crippen LogP contribution in [-0.4, -0.2) is 71.8 Å². The molecule has 9 nitrogen and oxygen atoms in total. The van der Waals surface area contributed by atoms with Crippen molar-refractivity contribution in [3.05, 3.63) is 78.4 Å². The number of hydrogen-bond donors (Lipinski definition) is 4. The second kappa shape index (κ2) is 16.8. The van der Waals surface area contributed by atoms with Crippen molar-refractivity contribution < 1.29 is 24.2 Å². The zero-order chi connectivity index (χ0) is 33.0. The molecule has 0 saturated carbocycles. The van der Waals surface area contributed by atoms with Crippen molar-refractivity contribution in [1.82, 2.24) is 20.9 Å². The molecule has 0 bridgehead atoms. The lowest BCUT2D eigenvalue weighted by Crippen LogP contribution is -2.55. The molecule has 0 saturated heterocycles. The molecule has 9 heteroatoms. The van der Waals surface area contributed by atoms with Crippen molar-refractivity contribution in [1.29, 1.82) is 0 Å². The highest BCUT2D eigenvalue weighted by molar-refractivity contribution is 5.84. The first-order chi connectivity index (χ1) is 21.3. The van der Waals surface area contributed by atoms with Gasteiger partial charge in [-0.3, -0.25) is 9.59 Å². The van der Waals surface area contributed by atoms with Crippen LogP contribution in [0.25, 0.3) is 10.8 Å². The summed E-state index contributed by atoms with van der Waals surface area (Å²) in [4.78, 5) is 40.6. The van der Waals surface area contributed by atoms with Crippen LogP contribution in [0, 0.1) is 11.8 Å². The van der Waals surface area contributed by atoms with E-state index in [4.69, 9.17) is 4.74 Å². The third-order valence-corrected chi connectivity index (χ3v) is 7.39. The molecule has 4 N–H and O–H groups in total. The van der Waals surface area contributed by atoms with Gasteiger partial charge in [0, 0.05) is 18.6 Å². The molecule has 0 radical (unpaired) electrons. The second-order valence-electron chi connectivity index (χ2n) is 13.2. The molecular weight excluding hydrogens is 568 g/mol. The summed E-state index contributed by atoms with van der Waals surface area (Å²) in [5, 5.41) is 22.3. The van der Waals surface area contributed by atoms with Crippen LogP contribution in [0.2, 0.25) is 0 Å². The first-order valence-electron chi connectivity index (χ1n) is 15.8. The molecule has 4 amide bonds. The maximum atomic E-state index is 13.3. The van der Waals surface area contributed by atoms with Crippen LogP contribution in [-0.2, 0) is 16.0 Å². The monoisotopic (exact) mass is 618 g/mol. The topological polar surface area (TPSA) is 120 Å². The number of nitrogens with one attached hydrogen (secondary N) is 3. The SMILES string of the molecule is CC(C)CCN(CC(O)[C@H](Cc1ccccc1)NC(=O)C(C)CNC(=O)COc1ccc2ccccc2c1)C(=O)NC(C)(C)C. The molecule has 2 unspecified atom stereocenters. The second-order valence-corrected chi connectivity index (χ2v) is 13.2. The van der Waals surface area contributed by atoms with Gasteiger partial charge in [0.1, 0.15) is 5.75 Å². The Morgan fingerprint density at radius 3 is 2.24 bits per heavy atom. The van der Waals surface area contributed by atoms with Crippen molar-refractivity contribution in [2.45, 2.75) is 72.1 Å². The van der Waals surface area contributed by atoms with E-state index < -0.39 is 23.6 Å². The average molecular weight is 619 g/mol. The van der Waals surface area contributed by atoms with Crippen LogP contribution in [0.15, 0.2) is 72.8 Å². The van der Waals surface area contributed by atoms with Gasteiger partial charge in [-0.15, -0.1) is 0 Å². The molecule has 0 heterocycles. The van der Waals surface area contributed by atoms with E-state index in [1.165, 1.54) is 0 Å². The van der Waals surface area contributed by atoms with Gasteiger partial charge in [0.25, 0.3) is 5.91 Å². The quantitative estimate of drug-likeness (QED) is 0.193. The number of benzene rings is 3. The minimum absolute atomic E-state index is 0.0592. The fourth-order valence-electron chi connectivity index (χ4n) is 4.74. The van der Waals surface area contributed by atoms with E-state index in [9.17, 15) is 19.5 Å². The Balaban J connectivity index is 1.60. The third kappa shape index (κ3) is 12.4. The molecule has 0 aliphatic rings. The van der Waals surface area contributed by atoms with Crippen LogP contribution in [0.1, 0.15) is 53.5 Å². The van der Waals surface area contributed by atoms with E-state index in [0.29, 0.717) is 24.6 Å². The number of nitrogens with zero attached hydrogens (tertiary/aromatic N) is 1. The minimum atomic E-state index is -1.02. The molecule has 0 aromatic heterocycles. The molecule has 244 valence electrons. The number of amides is 4. The molecule has 0 fully saturated rings. The number of carbonyl (C=O) groups excluding carboxylic acids is 3. The van der Waals surface area contributed by atoms with Gasteiger partial charge in [0.2, 0.25) is 5.91 Å². The predicted octanol–water partition coefficient (Wildman–Crippen LogP) is 4.92. The largest absolute Gasteiger partial charge is 0.484 e. The maximum absolute atomic E-state index is 13.3. The Bertz CT molecular complexity index is 1390. The molecule has 45 heavy (non-hydrogen) atoms. The molecule has 3 aromatic rings. The number of urea groups is 1. The summed E-state index contributed by atoms with van der Waals surface area (Å²) in [5.74, 6) is -0.249. The zero-order valence-electron chi connectivity index (χ0n) is 27.5. The maximum Gasteiger partial charge on any atom is 0.317 e. The lowest BCUT2D eigenvalue weighted by atomic mass is 9.99. The number of carbonyl (C=O) groups is 3. The normalized spacial score (nSPS) is 13.5. The number of aliphatic hydroxyl groups excluding tert-OH is 1. The Labute approximate surface area is 267 Å².